The zero-order valence-electron chi connectivity index (χ0n) is 58.4. The van der Waals surface area contributed by atoms with Crippen molar-refractivity contribution >= 4 is 11.9 Å². The second-order valence-corrected chi connectivity index (χ2v) is 26.6. The second-order valence-electron chi connectivity index (χ2n) is 26.6. The fourth-order valence-corrected chi connectivity index (χ4v) is 12.3. The highest BCUT2D eigenvalue weighted by atomic mass is 16.5. The first kappa shape index (κ1) is 84.6. The summed E-state index contributed by atoms with van der Waals surface area (Å²) in [6.45, 7) is 21.3. The van der Waals surface area contributed by atoms with Gasteiger partial charge in [0.25, 0.3) is 0 Å². The van der Waals surface area contributed by atoms with Crippen LogP contribution in [0.15, 0.2) is 0 Å². The predicted molar refractivity (Wildman–Crippen MR) is 367 cm³/mol. The number of esters is 2. The van der Waals surface area contributed by atoms with Gasteiger partial charge in [-0.05, 0) is 51.6 Å². The Hall–Kier alpha value is -1.38. The maximum atomic E-state index is 13.2. The average Bonchev–Trinajstić information content (AvgIpc) is 3.54. The Morgan fingerprint density at radius 1 is 0.256 bits per heavy atom. The van der Waals surface area contributed by atoms with Crippen LogP contribution >= 0.6 is 0 Å². The highest BCUT2D eigenvalue weighted by molar-refractivity contribution is 5.69. The molecule has 0 saturated heterocycles. The van der Waals surface area contributed by atoms with Gasteiger partial charge in [0.15, 0.2) is 0 Å². The van der Waals surface area contributed by atoms with E-state index in [9.17, 15) is 30.0 Å². The molecule has 0 aromatic heterocycles. The van der Waals surface area contributed by atoms with Crippen LogP contribution in [0.5, 0.6) is 0 Å². The van der Waals surface area contributed by atoms with Crippen molar-refractivity contribution in [1.82, 2.24) is 19.6 Å². The average molecular weight is 1220 g/mol. The number of aliphatic hydroxyl groups is 4. The third-order valence-corrected chi connectivity index (χ3v) is 17.9. The first-order valence-corrected chi connectivity index (χ1v) is 37.9. The smallest absolute Gasteiger partial charge is 0.307 e. The molecule has 0 aliphatic heterocycles. The van der Waals surface area contributed by atoms with E-state index in [0.717, 1.165) is 116 Å². The van der Waals surface area contributed by atoms with Gasteiger partial charge in [0.2, 0.25) is 0 Å². The molecule has 0 aliphatic rings. The van der Waals surface area contributed by atoms with Gasteiger partial charge in [0.1, 0.15) is 13.2 Å². The maximum absolute atomic E-state index is 13.2. The molecule has 0 aromatic carbocycles. The number of nitrogens with zero attached hydrogens (tertiary/aromatic N) is 4. The minimum absolute atomic E-state index is 0.221. The van der Waals surface area contributed by atoms with Crippen LogP contribution in [0.3, 0.4) is 0 Å². The summed E-state index contributed by atoms with van der Waals surface area (Å²) >= 11 is 0. The molecule has 0 aliphatic carbocycles. The molecule has 0 rings (SSSR count). The summed E-state index contributed by atoms with van der Waals surface area (Å²) in [5.74, 6) is -0.441. The normalized spacial score (nSPS) is 13.4. The topological polar surface area (TPSA) is 146 Å². The SMILES string of the molecule is CCCCCCCCCCCCC(O)CN(CCOC(=O)CCN(CCC)CCN(CCC)CCC(=O)OCCN(CC(O)CCCCCCCCCCCC)CC(O)CCCCCCCCCCCC)CC(O)CCCCCCCCCCCC. The Bertz CT molecular complexity index is 1220. The molecular formula is C74H150N4O8. The van der Waals surface area contributed by atoms with E-state index >= 15 is 0 Å². The Labute approximate surface area is 534 Å². The molecule has 12 nitrogen and oxygen atoms in total. The summed E-state index contributed by atoms with van der Waals surface area (Å²) in [6, 6.07) is 0. The largest absolute Gasteiger partial charge is 0.464 e. The summed E-state index contributed by atoms with van der Waals surface area (Å²) < 4.78 is 11.7. The molecule has 0 amide bonds. The van der Waals surface area contributed by atoms with Crippen LogP contribution in [0, 0.1) is 0 Å². The highest BCUT2D eigenvalue weighted by Gasteiger charge is 2.20. The molecule has 0 heterocycles. The summed E-state index contributed by atoms with van der Waals surface area (Å²) in [6.07, 6.45) is 54.2. The number of hydrogen-bond donors (Lipinski definition) is 4. The van der Waals surface area contributed by atoms with Gasteiger partial charge in [0.05, 0.1) is 37.3 Å². The molecule has 4 unspecified atom stereocenters. The molecule has 4 N–H and O–H groups in total. The number of ether oxygens (including phenoxy) is 2. The van der Waals surface area contributed by atoms with Crippen molar-refractivity contribution in [2.75, 3.05) is 91.8 Å². The molecule has 0 saturated carbocycles. The van der Waals surface area contributed by atoms with Crippen LogP contribution in [-0.2, 0) is 19.1 Å². The lowest BCUT2D eigenvalue weighted by Gasteiger charge is -2.28. The van der Waals surface area contributed by atoms with Gasteiger partial charge in [-0.25, -0.2) is 0 Å². The molecule has 0 fully saturated rings. The number of unbranched alkanes of at least 4 members (excludes halogenated alkanes) is 36. The number of aliphatic hydroxyl groups excluding tert-OH is 4. The fraction of sp³-hybridized carbons (Fsp3) is 0.973. The van der Waals surface area contributed by atoms with Gasteiger partial charge in [-0.1, -0.05) is 298 Å². The fourth-order valence-electron chi connectivity index (χ4n) is 12.3. The Morgan fingerprint density at radius 2 is 0.465 bits per heavy atom. The predicted octanol–water partition coefficient (Wildman–Crippen LogP) is 17.6. The first-order valence-electron chi connectivity index (χ1n) is 37.9. The van der Waals surface area contributed by atoms with Gasteiger partial charge < -0.3 is 39.7 Å². The molecular weight excluding hydrogens is 1070 g/mol. The Kier molecular flexibility index (Phi) is 65.5. The van der Waals surface area contributed by atoms with Crippen LogP contribution in [0.2, 0.25) is 0 Å². The van der Waals surface area contributed by atoms with E-state index in [2.05, 4.69) is 61.1 Å². The van der Waals surface area contributed by atoms with Gasteiger partial charge in [-0.3, -0.25) is 19.4 Å². The van der Waals surface area contributed by atoms with Crippen molar-refractivity contribution in [2.24, 2.45) is 0 Å². The number of rotatable bonds is 71. The Balaban J connectivity index is 5.16. The van der Waals surface area contributed by atoms with Crippen molar-refractivity contribution in [1.29, 1.82) is 0 Å². The second kappa shape index (κ2) is 66.5. The van der Waals surface area contributed by atoms with Crippen LogP contribution in [-0.4, -0.2) is 168 Å². The van der Waals surface area contributed by atoms with Crippen LogP contribution in [0.4, 0.5) is 0 Å². The van der Waals surface area contributed by atoms with Crippen molar-refractivity contribution in [3.05, 3.63) is 0 Å². The van der Waals surface area contributed by atoms with Gasteiger partial charge in [-0.15, -0.1) is 0 Å². The highest BCUT2D eigenvalue weighted by Crippen LogP contribution is 2.18. The molecule has 514 valence electrons. The monoisotopic (exact) mass is 1220 g/mol. The first-order chi connectivity index (χ1) is 42.0. The molecule has 0 aromatic rings. The molecule has 0 bridgehead atoms. The molecule has 12 heteroatoms. The van der Waals surface area contributed by atoms with Crippen molar-refractivity contribution < 1.29 is 39.5 Å². The van der Waals surface area contributed by atoms with E-state index in [0.29, 0.717) is 65.2 Å². The van der Waals surface area contributed by atoms with E-state index < -0.39 is 24.4 Å². The lowest BCUT2D eigenvalue weighted by Crippen LogP contribution is -2.40. The Morgan fingerprint density at radius 3 is 0.674 bits per heavy atom. The molecule has 4 atom stereocenters. The van der Waals surface area contributed by atoms with Gasteiger partial charge >= 0.3 is 11.9 Å². The van der Waals surface area contributed by atoms with Crippen LogP contribution in [0.1, 0.15) is 350 Å². The lowest BCUT2D eigenvalue weighted by molar-refractivity contribution is -0.145. The van der Waals surface area contributed by atoms with E-state index in [4.69, 9.17) is 9.47 Å². The summed E-state index contributed by atoms with van der Waals surface area (Å²) in [5, 5.41) is 44.6. The third-order valence-electron chi connectivity index (χ3n) is 17.9. The van der Waals surface area contributed by atoms with E-state index in [-0.39, 0.29) is 25.2 Å². The zero-order chi connectivity index (χ0) is 63.0. The standard InChI is InChI=1S/C74H150N4O8/c1-7-13-17-21-25-29-33-37-41-45-49-69(79)65-77(66-70(80)50-46-42-38-34-30-26-22-18-14-8-2)61-63-85-73(83)53-57-75(55-11-5)59-60-76(56-12-6)58-54-74(84)86-64-62-78(67-71(81)51-47-43-39-35-31-27-23-19-15-9-3)68-72(82)52-48-44-40-36-32-28-24-20-16-10-4/h69-72,79-82H,7-68H2,1-6H3. The molecule has 0 spiro atoms. The summed E-state index contributed by atoms with van der Waals surface area (Å²) in [7, 11) is 0. The van der Waals surface area contributed by atoms with Crippen molar-refractivity contribution in [2.45, 2.75) is 374 Å². The van der Waals surface area contributed by atoms with Gasteiger partial charge in [-0.2, -0.15) is 0 Å². The summed E-state index contributed by atoms with van der Waals surface area (Å²) in [5.41, 5.74) is 0. The number of carbonyl (C=O) groups is 2. The van der Waals surface area contributed by atoms with E-state index in [1.165, 1.54) is 205 Å². The minimum Gasteiger partial charge on any atom is -0.464 e. The van der Waals surface area contributed by atoms with Crippen molar-refractivity contribution in [3.63, 3.8) is 0 Å². The quantitative estimate of drug-likeness (QED) is 0.0340. The maximum Gasteiger partial charge on any atom is 0.307 e. The van der Waals surface area contributed by atoms with E-state index in [1.807, 2.05) is 0 Å². The van der Waals surface area contributed by atoms with Gasteiger partial charge in [0, 0.05) is 65.4 Å². The van der Waals surface area contributed by atoms with Crippen LogP contribution in [0.25, 0.3) is 0 Å². The zero-order valence-corrected chi connectivity index (χ0v) is 58.4. The minimum atomic E-state index is -0.468. The van der Waals surface area contributed by atoms with E-state index in [1.54, 1.807) is 0 Å². The third kappa shape index (κ3) is 60.2. The van der Waals surface area contributed by atoms with Crippen LogP contribution < -0.4 is 0 Å². The molecule has 0 radical (unpaired) electrons. The number of hydrogen-bond acceptors (Lipinski definition) is 12. The van der Waals surface area contributed by atoms with Crippen molar-refractivity contribution in [3.8, 4) is 0 Å². The lowest BCUT2D eigenvalue weighted by atomic mass is 10.0. The molecule has 86 heavy (non-hydrogen) atoms. The summed E-state index contributed by atoms with van der Waals surface area (Å²) in [4.78, 5) is 35.3. The number of carbonyl (C=O) groups excluding carboxylic acids is 2.